The quantitative estimate of drug-likeness (QED) is 0.143. The molecule has 1 amide bonds. The van der Waals surface area contributed by atoms with Gasteiger partial charge in [-0.05, 0) is 37.5 Å². The number of rotatable bonds is 8. The summed E-state index contributed by atoms with van der Waals surface area (Å²) in [6.45, 7) is 5.81. The monoisotopic (exact) mass is 521 g/mol. The number of nitrogen functional groups attached to an aromatic ring is 1. The second-order valence-electron chi connectivity index (χ2n) is 9.39. The van der Waals surface area contributed by atoms with E-state index in [2.05, 4.69) is 32.2 Å². The van der Waals surface area contributed by atoms with Crippen molar-refractivity contribution < 1.29 is 4.79 Å². The van der Waals surface area contributed by atoms with Crippen LogP contribution in [0.1, 0.15) is 59.8 Å². The molecule has 0 radical (unpaired) electrons. The Bertz CT molecular complexity index is 1430. The standard InChI is InChI=1S/C26H27N7O.C5H8/c27-23(22-24(28)30-15-31-25(22)32-19-6-2-3-7-19)17-11-9-16(10-12-17)14-29-26(34)21-13-18-5-1-4-8-20(18)33-21;1-3-5-4-2/h1,4-5,8-13,15,19,27,33H,2-3,6-7,14H2,(H,29,34)(H3,28,30,31,32);3-5H,1H2,2H3/b;5-4-. The number of amides is 1. The van der Waals surface area contributed by atoms with Gasteiger partial charge in [0.2, 0.25) is 0 Å². The number of fused-ring (bicyclic) bond motifs is 1. The van der Waals surface area contributed by atoms with Crippen LogP contribution in [0.4, 0.5) is 11.6 Å². The summed E-state index contributed by atoms with van der Waals surface area (Å²) in [5, 5.41) is 16.1. The molecule has 2 aromatic heterocycles. The predicted molar refractivity (Wildman–Crippen MR) is 159 cm³/mol. The number of nitrogens with zero attached hydrogens (tertiary/aromatic N) is 2. The number of carbonyl (C=O) groups excluding carboxylic acids is 1. The molecule has 0 bridgehead atoms. The van der Waals surface area contributed by atoms with Gasteiger partial charge in [-0.3, -0.25) is 10.2 Å². The molecule has 5 rings (SSSR count). The Hall–Kier alpha value is -4.72. The van der Waals surface area contributed by atoms with Crippen LogP contribution in [0.5, 0.6) is 0 Å². The second-order valence-corrected chi connectivity index (χ2v) is 9.39. The highest BCUT2D eigenvalue weighted by Crippen LogP contribution is 2.26. The normalized spacial score (nSPS) is 13.2. The van der Waals surface area contributed by atoms with Gasteiger partial charge in [0.1, 0.15) is 23.7 Å². The summed E-state index contributed by atoms with van der Waals surface area (Å²) in [5.74, 6) is 0.735. The molecular formula is C31H35N7O. The lowest BCUT2D eigenvalue weighted by atomic mass is 10.0. The molecule has 200 valence electrons. The van der Waals surface area contributed by atoms with Gasteiger partial charge in [0.25, 0.3) is 5.91 Å². The van der Waals surface area contributed by atoms with E-state index in [-0.39, 0.29) is 17.4 Å². The van der Waals surface area contributed by atoms with Crippen molar-refractivity contribution in [3.63, 3.8) is 0 Å². The topological polar surface area (TPSA) is 133 Å². The Morgan fingerprint density at radius 1 is 1.15 bits per heavy atom. The smallest absolute Gasteiger partial charge is 0.267 e. The summed E-state index contributed by atoms with van der Waals surface area (Å²) in [4.78, 5) is 24.2. The predicted octanol–water partition coefficient (Wildman–Crippen LogP) is 5.99. The van der Waals surface area contributed by atoms with Crippen LogP contribution in [0, 0.1) is 5.41 Å². The summed E-state index contributed by atoms with van der Waals surface area (Å²) in [7, 11) is 0. The summed E-state index contributed by atoms with van der Waals surface area (Å²) in [6.07, 6.45) is 11.6. The number of hydrogen-bond donors (Lipinski definition) is 5. The highest BCUT2D eigenvalue weighted by atomic mass is 16.1. The number of hydrogen-bond acceptors (Lipinski definition) is 6. The first-order valence-electron chi connectivity index (χ1n) is 13.1. The second kappa shape index (κ2) is 13.2. The average molecular weight is 522 g/mol. The van der Waals surface area contributed by atoms with Gasteiger partial charge in [-0.25, -0.2) is 9.97 Å². The van der Waals surface area contributed by atoms with E-state index in [4.69, 9.17) is 11.1 Å². The SMILES string of the molecule is C=C/C=C\C.N=C(c1ccc(CNC(=O)c2cc3ccccc3[nH]2)cc1)c1c(N)ncnc1NC1CCCC1. The lowest BCUT2D eigenvalue weighted by Crippen LogP contribution is -2.23. The van der Waals surface area contributed by atoms with E-state index in [0.29, 0.717) is 35.2 Å². The third kappa shape index (κ3) is 6.98. The largest absolute Gasteiger partial charge is 0.383 e. The van der Waals surface area contributed by atoms with Crippen molar-refractivity contribution in [1.82, 2.24) is 20.3 Å². The lowest BCUT2D eigenvalue weighted by molar-refractivity contribution is 0.0946. The van der Waals surface area contributed by atoms with Crippen LogP contribution in [0.15, 0.2) is 85.7 Å². The van der Waals surface area contributed by atoms with Gasteiger partial charge >= 0.3 is 0 Å². The number of nitrogens with one attached hydrogen (secondary N) is 4. The molecule has 6 N–H and O–H groups in total. The van der Waals surface area contributed by atoms with E-state index in [9.17, 15) is 4.79 Å². The van der Waals surface area contributed by atoms with E-state index in [1.54, 1.807) is 6.08 Å². The summed E-state index contributed by atoms with van der Waals surface area (Å²) < 4.78 is 0. The summed E-state index contributed by atoms with van der Waals surface area (Å²) in [6, 6.07) is 17.5. The van der Waals surface area contributed by atoms with Crippen molar-refractivity contribution in [2.24, 2.45) is 0 Å². The summed E-state index contributed by atoms with van der Waals surface area (Å²) >= 11 is 0. The Morgan fingerprint density at radius 3 is 2.56 bits per heavy atom. The Labute approximate surface area is 229 Å². The number of benzene rings is 2. The molecule has 1 aliphatic rings. The molecule has 0 saturated heterocycles. The fourth-order valence-corrected chi connectivity index (χ4v) is 4.56. The van der Waals surface area contributed by atoms with Gasteiger partial charge in [0, 0.05) is 29.1 Å². The van der Waals surface area contributed by atoms with Crippen molar-refractivity contribution in [2.75, 3.05) is 11.1 Å². The maximum atomic E-state index is 12.6. The minimum absolute atomic E-state index is 0.162. The first-order chi connectivity index (χ1) is 19.0. The first-order valence-corrected chi connectivity index (χ1v) is 13.1. The number of allylic oxidation sites excluding steroid dienone is 3. The van der Waals surface area contributed by atoms with Crippen molar-refractivity contribution in [3.05, 3.63) is 108 Å². The van der Waals surface area contributed by atoms with Gasteiger partial charge in [0.15, 0.2) is 0 Å². The molecule has 2 heterocycles. The van der Waals surface area contributed by atoms with Crippen molar-refractivity contribution in [3.8, 4) is 0 Å². The highest BCUT2D eigenvalue weighted by Gasteiger charge is 2.21. The third-order valence-corrected chi connectivity index (χ3v) is 6.62. The Balaban J connectivity index is 0.000000648. The zero-order valence-corrected chi connectivity index (χ0v) is 22.2. The lowest BCUT2D eigenvalue weighted by Gasteiger charge is -2.17. The average Bonchev–Trinajstić information content (AvgIpc) is 3.63. The van der Waals surface area contributed by atoms with Gasteiger partial charge < -0.3 is 21.4 Å². The zero-order valence-electron chi connectivity index (χ0n) is 22.2. The molecule has 4 aromatic rings. The fraction of sp³-hybridized carbons (Fsp3) is 0.226. The van der Waals surface area contributed by atoms with Crippen LogP contribution in [0.3, 0.4) is 0 Å². The van der Waals surface area contributed by atoms with Gasteiger partial charge in [-0.2, -0.15) is 0 Å². The van der Waals surface area contributed by atoms with Gasteiger partial charge in [-0.15, -0.1) is 0 Å². The van der Waals surface area contributed by atoms with E-state index < -0.39 is 0 Å². The minimum Gasteiger partial charge on any atom is -0.383 e. The van der Waals surface area contributed by atoms with Crippen LogP contribution in [-0.4, -0.2) is 32.6 Å². The van der Waals surface area contributed by atoms with E-state index in [1.807, 2.05) is 73.7 Å². The Kier molecular flexibility index (Phi) is 9.24. The fourth-order valence-electron chi connectivity index (χ4n) is 4.56. The van der Waals surface area contributed by atoms with E-state index >= 15 is 0 Å². The number of aromatic amines is 1. The third-order valence-electron chi connectivity index (χ3n) is 6.62. The van der Waals surface area contributed by atoms with Gasteiger partial charge in [0.05, 0.1) is 11.3 Å². The molecule has 1 aliphatic carbocycles. The molecule has 0 aliphatic heterocycles. The number of H-pyrrole nitrogens is 1. The number of anilines is 2. The Morgan fingerprint density at radius 2 is 1.90 bits per heavy atom. The van der Waals surface area contributed by atoms with Crippen LogP contribution in [-0.2, 0) is 6.54 Å². The molecule has 2 aromatic carbocycles. The van der Waals surface area contributed by atoms with E-state index in [1.165, 1.54) is 19.2 Å². The summed E-state index contributed by atoms with van der Waals surface area (Å²) in [5.41, 5.74) is 10.0. The van der Waals surface area contributed by atoms with Crippen molar-refractivity contribution >= 4 is 34.2 Å². The maximum absolute atomic E-state index is 12.6. The van der Waals surface area contributed by atoms with Crippen LogP contribution in [0.25, 0.3) is 10.9 Å². The maximum Gasteiger partial charge on any atom is 0.267 e. The van der Waals surface area contributed by atoms with Crippen molar-refractivity contribution in [2.45, 2.75) is 45.2 Å². The highest BCUT2D eigenvalue weighted by molar-refractivity contribution is 6.16. The molecule has 39 heavy (non-hydrogen) atoms. The molecule has 8 heteroatoms. The molecule has 1 saturated carbocycles. The van der Waals surface area contributed by atoms with Crippen LogP contribution < -0.4 is 16.4 Å². The number of para-hydroxylation sites is 1. The number of carbonyl (C=O) groups is 1. The molecule has 0 atom stereocenters. The zero-order chi connectivity index (χ0) is 27.6. The van der Waals surface area contributed by atoms with Gasteiger partial charge in [-0.1, -0.05) is 80.1 Å². The molecule has 8 nitrogen and oxygen atoms in total. The molecule has 0 spiro atoms. The molecule has 1 fully saturated rings. The molecule has 0 unspecified atom stereocenters. The first kappa shape index (κ1) is 27.3. The van der Waals surface area contributed by atoms with Crippen LogP contribution in [0.2, 0.25) is 0 Å². The minimum atomic E-state index is -0.162. The number of nitrogens with two attached hydrogens (primary N) is 1. The number of aromatic nitrogens is 3. The van der Waals surface area contributed by atoms with Crippen LogP contribution >= 0.6 is 0 Å². The van der Waals surface area contributed by atoms with E-state index in [0.717, 1.165) is 29.3 Å². The molecular weight excluding hydrogens is 486 g/mol. The van der Waals surface area contributed by atoms with Crippen molar-refractivity contribution in [1.29, 1.82) is 5.41 Å².